The number of likely N-dealkylation sites (tertiary alicyclic amines) is 1. The van der Waals surface area contributed by atoms with Gasteiger partial charge in [-0.05, 0) is 49.4 Å². The molecule has 1 fully saturated rings. The van der Waals surface area contributed by atoms with Crippen molar-refractivity contribution >= 4 is 29.1 Å². The molecule has 0 saturated carbocycles. The van der Waals surface area contributed by atoms with Crippen molar-refractivity contribution in [1.29, 1.82) is 0 Å². The Bertz CT molecular complexity index is 789. The highest BCUT2D eigenvalue weighted by Crippen LogP contribution is 2.23. The van der Waals surface area contributed by atoms with Gasteiger partial charge >= 0.3 is 0 Å². The zero-order chi connectivity index (χ0) is 19.2. The molecule has 2 aromatic rings. The van der Waals surface area contributed by atoms with Gasteiger partial charge in [-0.25, -0.2) is 4.39 Å². The summed E-state index contributed by atoms with van der Waals surface area (Å²) in [5, 5.41) is 6.78. The normalized spacial score (nSPS) is 15.0. The van der Waals surface area contributed by atoms with Crippen molar-refractivity contribution in [3.05, 3.63) is 47.5 Å². The van der Waals surface area contributed by atoms with Gasteiger partial charge in [-0.3, -0.25) is 14.3 Å². The molecule has 1 aliphatic heterocycles. The van der Waals surface area contributed by atoms with Crippen molar-refractivity contribution in [3.63, 3.8) is 0 Å². The Balaban J connectivity index is 1.38. The zero-order valence-electron chi connectivity index (χ0n) is 14.9. The maximum absolute atomic E-state index is 13.1. The molecule has 1 saturated heterocycles. The molecule has 0 unspecified atom stereocenters. The Kier molecular flexibility index (Phi) is 6.45. The van der Waals surface area contributed by atoms with Crippen LogP contribution in [0.15, 0.2) is 36.7 Å². The van der Waals surface area contributed by atoms with E-state index in [9.17, 15) is 14.0 Å². The number of amides is 2. The monoisotopic (exact) mass is 392 g/mol. The topological polar surface area (TPSA) is 67.2 Å². The second kappa shape index (κ2) is 8.99. The summed E-state index contributed by atoms with van der Waals surface area (Å²) in [7, 11) is 0. The standard InChI is InChI=1S/C19H22ClFN4O2/c20-16-12-15(3-4-17(16)21)23-18(26)5-2-14-6-10-24(11-7-14)19(27)13-25-9-1-8-22-25/h1,3-4,8-9,12,14H,2,5-7,10-11,13H2,(H,23,26). The molecule has 1 aliphatic rings. The fourth-order valence-electron chi connectivity index (χ4n) is 3.24. The summed E-state index contributed by atoms with van der Waals surface area (Å²) in [4.78, 5) is 26.2. The lowest BCUT2D eigenvalue weighted by Gasteiger charge is -2.32. The highest BCUT2D eigenvalue weighted by molar-refractivity contribution is 6.31. The number of piperidine rings is 1. The lowest BCUT2D eigenvalue weighted by atomic mass is 9.92. The number of anilines is 1. The Morgan fingerprint density at radius 3 is 2.74 bits per heavy atom. The number of benzene rings is 1. The molecule has 1 N–H and O–H groups in total. The number of carbonyl (C=O) groups is 2. The summed E-state index contributed by atoms with van der Waals surface area (Å²) < 4.78 is 14.8. The number of nitrogens with one attached hydrogen (secondary N) is 1. The molecule has 144 valence electrons. The number of aromatic nitrogens is 2. The van der Waals surface area contributed by atoms with Crippen LogP contribution in [0.4, 0.5) is 10.1 Å². The van der Waals surface area contributed by atoms with Gasteiger partial charge in [0.25, 0.3) is 0 Å². The Morgan fingerprint density at radius 2 is 2.07 bits per heavy atom. The Morgan fingerprint density at radius 1 is 1.30 bits per heavy atom. The van der Waals surface area contributed by atoms with E-state index in [4.69, 9.17) is 11.6 Å². The highest BCUT2D eigenvalue weighted by Gasteiger charge is 2.23. The molecular formula is C19H22ClFN4O2. The van der Waals surface area contributed by atoms with Crippen molar-refractivity contribution in [3.8, 4) is 0 Å². The van der Waals surface area contributed by atoms with Crippen LogP contribution in [0, 0.1) is 11.7 Å². The molecule has 0 radical (unpaired) electrons. The van der Waals surface area contributed by atoms with Crippen molar-refractivity contribution in [2.75, 3.05) is 18.4 Å². The van der Waals surface area contributed by atoms with Gasteiger partial charge in [0.2, 0.25) is 11.8 Å². The largest absolute Gasteiger partial charge is 0.341 e. The van der Waals surface area contributed by atoms with E-state index in [-0.39, 0.29) is 23.4 Å². The number of rotatable bonds is 6. The molecule has 1 aromatic heterocycles. The van der Waals surface area contributed by atoms with Gasteiger partial charge in [-0.15, -0.1) is 0 Å². The second-order valence-corrected chi connectivity index (χ2v) is 7.15. The van der Waals surface area contributed by atoms with Crippen LogP contribution in [0.1, 0.15) is 25.7 Å². The lowest BCUT2D eigenvalue weighted by Crippen LogP contribution is -2.40. The summed E-state index contributed by atoms with van der Waals surface area (Å²) in [5.41, 5.74) is 0.491. The molecule has 0 aliphatic carbocycles. The van der Waals surface area contributed by atoms with Crippen LogP contribution in [-0.4, -0.2) is 39.6 Å². The zero-order valence-corrected chi connectivity index (χ0v) is 15.7. The molecule has 27 heavy (non-hydrogen) atoms. The van der Waals surface area contributed by atoms with Gasteiger partial charge in [0.05, 0.1) is 5.02 Å². The van der Waals surface area contributed by atoms with Crippen molar-refractivity contribution < 1.29 is 14.0 Å². The van der Waals surface area contributed by atoms with Gasteiger partial charge < -0.3 is 10.2 Å². The van der Waals surface area contributed by atoms with Crippen molar-refractivity contribution in [1.82, 2.24) is 14.7 Å². The van der Waals surface area contributed by atoms with Crippen LogP contribution in [0.2, 0.25) is 5.02 Å². The van der Waals surface area contributed by atoms with E-state index in [1.165, 1.54) is 18.2 Å². The van der Waals surface area contributed by atoms with E-state index in [0.717, 1.165) is 19.3 Å². The number of halogens is 2. The van der Waals surface area contributed by atoms with Crippen LogP contribution in [0.5, 0.6) is 0 Å². The first kappa shape index (κ1) is 19.4. The van der Waals surface area contributed by atoms with Gasteiger partial charge in [0.15, 0.2) is 0 Å². The minimum atomic E-state index is -0.511. The van der Waals surface area contributed by atoms with Crippen LogP contribution in [0.25, 0.3) is 0 Å². The average Bonchev–Trinajstić information content (AvgIpc) is 3.16. The fraction of sp³-hybridized carbons (Fsp3) is 0.421. The van der Waals surface area contributed by atoms with E-state index < -0.39 is 5.82 Å². The first-order valence-electron chi connectivity index (χ1n) is 9.01. The summed E-state index contributed by atoms with van der Waals surface area (Å²) in [6, 6.07) is 5.92. The van der Waals surface area contributed by atoms with Crippen LogP contribution in [-0.2, 0) is 16.1 Å². The first-order valence-corrected chi connectivity index (χ1v) is 9.39. The van der Waals surface area contributed by atoms with Gasteiger partial charge in [-0.2, -0.15) is 5.10 Å². The van der Waals surface area contributed by atoms with Crippen LogP contribution >= 0.6 is 11.6 Å². The van der Waals surface area contributed by atoms with E-state index in [2.05, 4.69) is 10.4 Å². The molecule has 6 nitrogen and oxygen atoms in total. The van der Waals surface area contributed by atoms with E-state index in [0.29, 0.717) is 31.1 Å². The van der Waals surface area contributed by atoms with E-state index >= 15 is 0 Å². The summed E-state index contributed by atoms with van der Waals surface area (Å²) in [6.45, 7) is 1.68. The number of carbonyl (C=O) groups excluding carboxylic acids is 2. The van der Waals surface area contributed by atoms with Gasteiger partial charge in [-0.1, -0.05) is 11.6 Å². The third kappa shape index (κ3) is 5.53. The third-order valence-electron chi connectivity index (χ3n) is 4.81. The fourth-order valence-corrected chi connectivity index (χ4v) is 3.42. The van der Waals surface area contributed by atoms with Crippen molar-refractivity contribution in [2.24, 2.45) is 5.92 Å². The molecular weight excluding hydrogens is 371 g/mol. The second-order valence-electron chi connectivity index (χ2n) is 6.74. The number of hydrogen-bond acceptors (Lipinski definition) is 3. The lowest BCUT2D eigenvalue weighted by molar-refractivity contribution is -0.133. The highest BCUT2D eigenvalue weighted by atomic mass is 35.5. The smallest absolute Gasteiger partial charge is 0.244 e. The maximum Gasteiger partial charge on any atom is 0.244 e. The van der Waals surface area contributed by atoms with Gasteiger partial charge in [0.1, 0.15) is 12.4 Å². The molecule has 3 rings (SSSR count). The molecule has 2 amide bonds. The number of hydrogen-bond donors (Lipinski definition) is 1. The molecule has 0 atom stereocenters. The van der Waals surface area contributed by atoms with Crippen molar-refractivity contribution in [2.45, 2.75) is 32.2 Å². The molecule has 0 spiro atoms. The summed E-state index contributed by atoms with van der Waals surface area (Å²) >= 11 is 5.72. The minimum absolute atomic E-state index is 0.0139. The summed E-state index contributed by atoms with van der Waals surface area (Å²) in [5.74, 6) is -0.136. The summed E-state index contributed by atoms with van der Waals surface area (Å²) in [6.07, 6.45) is 6.37. The number of nitrogens with zero attached hydrogens (tertiary/aromatic N) is 3. The molecule has 0 bridgehead atoms. The quantitative estimate of drug-likeness (QED) is 0.819. The molecule has 2 heterocycles. The predicted molar refractivity (Wildman–Crippen MR) is 101 cm³/mol. The molecule has 1 aromatic carbocycles. The SMILES string of the molecule is O=C(CCC1CCN(C(=O)Cn2cccn2)CC1)Nc1ccc(F)c(Cl)c1. The average molecular weight is 393 g/mol. The van der Waals surface area contributed by atoms with Crippen LogP contribution < -0.4 is 5.32 Å². The van der Waals surface area contributed by atoms with Crippen LogP contribution in [0.3, 0.4) is 0 Å². The molecule has 8 heteroatoms. The predicted octanol–water partition coefficient (Wildman–Crippen LogP) is 3.33. The van der Waals surface area contributed by atoms with E-state index in [1.54, 1.807) is 23.1 Å². The van der Waals surface area contributed by atoms with E-state index in [1.807, 2.05) is 4.90 Å². The van der Waals surface area contributed by atoms with Gasteiger partial charge in [0, 0.05) is 37.6 Å². The Hall–Kier alpha value is -2.41. The minimum Gasteiger partial charge on any atom is -0.341 e. The third-order valence-corrected chi connectivity index (χ3v) is 5.10. The Labute approximate surface area is 162 Å². The maximum atomic E-state index is 13.1. The first-order chi connectivity index (χ1) is 13.0.